The summed E-state index contributed by atoms with van der Waals surface area (Å²) in [5.41, 5.74) is 2.86. The number of carbonyl (C=O) groups is 2. The molecular formula is C22H25Cl2N3O4. The molecule has 2 N–H and O–H groups in total. The van der Waals surface area contributed by atoms with E-state index >= 15 is 0 Å². The average molecular weight is 466 g/mol. The molecule has 1 atom stereocenters. The Bertz CT molecular complexity index is 983. The first-order chi connectivity index (χ1) is 14.8. The minimum absolute atomic E-state index is 0.244. The van der Waals surface area contributed by atoms with Crippen LogP contribution >= 0.6 is 23.2 Å². The van der Waals surface area contributed by atoms with E-state index in [1.165, 1.54) is 0 Å². The first kappa shape index (κ1) is 23.0. The van der Waals surface area contributed by atoms with E-state index in [1.54, 1.807) is 44.2 Å². The van der Waals surface area contributed by atoms with Gasteiger partial charge in [0.15, 0.2) is 11.5 Å². The predicted octanol–water partition coefficient (Wildman–Crippen LogP) is 3.78. The van der Waals surface area contributed by atoms with Crippen molar-refractivity contribution >= 4 is 35.1 Å². The molecule has 0 fully saturated rings. The summed E-state index contributed by atoms with van der Waals surface area (Å²) in [6.07, 6.45) is 0.693. The van der Waals surface area contributed by atoms with Crippen LogP contribution in [-0.4, -0.2) is 43.6 Å². The standard InChI is InChI=1S/C22H25Cl2N3O4/c1-13(21(28)25-11-15-4-5-17(23)10-18(15)24)26-22(29)27-7-6-14-8-19(30-2)20(31-3)9-16(14)12-27/h4-5,8-10,13H,6-7,11-12H2,1-3H3,(H,25,28)(H,26,29). The van der Waals surface area contributed by atoms with E-state index in [4.69, 9.17) is 32.7 Å². The van der Waals surface area contributed by atoms with E-state index in [1.807, 2.05) is 12.1 Å². The van der Waals surface area contributed by atoms with Crippen LogP contribution in [0.3, 0.4) is 0 Å². The van der Waals surface area contributed by atoms with Gasteiger partial charge in [-0.3, -0.25) is 4.79 Å². The Kier molecular flexibility index (Phi) is 7.51. The fraction of sp³-hybridized carbons (Fsp3) is 0.364. The van der Waals surface area contributed by atoms with Crippen LogP contribution in [0.15, 0.2) is 30.3 Å². The SMILES string of the molecule is COc1cc2c(cc1OC)CN(C(=O)NC(C)C(=O)NCc1ccc(Cl)cc1Cl)CC2. The second kappa shape index (κ2) is 10.1. The van der Waals surface area contributed by atoms with Crippen molar-refractivity contribution in [3.63, 3.8) is 0 Å². The smallest absolute Gasteiger partial charge is 0.318 e. The normalized spacial score (nSPS) is 13.8. The van der Waals surface area contributed by atoms with Gasteiger partial charge in [-0.25, -0.2) is 4.79 Å². The molecule has 9 heteroatoms. The Hall–Kier alpha value is -2.64. The minimum atomic E-state index is -0.703. The van der Waals surface area contributed by atoms with Crippen LogP contribution in [0.4, 0.5) is 4.79 Å². The number of hydrogen-bond acceptors (Lipinski definition) is 4. The molecular weight excluding hydrogens is 441 g/mol. The molecule has 7 nitrogen and oxygen atoms in total. The number of hydrogen-bond donors (Lipinski definition) is 2. The predicted molar refractivity (Wildman–Crippen MR) is 120 cm³/mol. The number of benzene rings is 2. The van der Waals surface area contributed by atoms with Crippen LogP contribution in [0.25, 0.3) is 0 Å². The first-order valence-electron chi connectivity index (χ1n) is 9.83. The van der Waals surface area contributed by atoms with E-state index < -0.39 is 6.04 Å². The summed E-state index contributed by atoms with van der Waals surface area (Å²) in [5, 5.41) is 6.54. The molecule has 1 aliphatic heterocycles. The van der Waals surface area contributed by atoms with Crippen molar-refractivity contribution < 1.29 is 19.1 Å². The van der Waals surface area contributed by atoms with E-state index in [9.17, 15) is 9.59 Å². The lowest BCUT2D eigenvalue weighted by Crippen LogP contribution is -2.50. The number of carbonyl (C=O) groups excluding carboxylic acids is 2. The van der Waals surface area contributed by atoms with Gasteiger partial charge in [-0.1, -0.05) is 29.3 Å². The summed E-state index contributed by atoms with van der Waals surface area (Å²) in [4.78, 5) is 26.8. The largest absolute Gasteiger partial charge is 0.493 e. The summed E-state index contributed by atoms with van der Waals surface area (Å²) in [6, 6.07) is 7.91. The van der Waals surface area contributed by atoms with Crippen molar-refractivity contribution in [3.05, 3.63) is 57.1 Å². The van der Waals surface area contributed by atoms with Gasteiger partial charge in [-0.05, 0) is 54.3 Å². The maximum absolute atomic E-state index is 12.7. The van der Waals surface area contributed by atoms with E-state index in [2.05, 4.69) is 10.6 Å². The summed E-state index contributed by atoms with van der Waals surface area (Å²) in [7, 11) is 3.18. The lowest BCUT2D eigenvalue weighted by atomic mass is 9.99. The van der Waals surface area contributed by atoms with Crippen molar-refractivity contribution in [3.8, 4) is 11.5 Å². The zero-order chi connectivity index (χ0) is 22.5. The van der Waals surface area contributed by atoms with Crippen molar-refractivity contribution in [2.24, 2.45) is 0 Å². The number of ether oxygens (including phenoxy) is 2. The van der Waals surface area contributed by atoms with Gasteiger partial charge < -0.3 is 25.0 Å². The summed E-state index contributed by atoms with van der Waals surface area (Å²) >= 11 is 12.0. The monoisotopic (exact) mass is 465 g/mol. The van der Waals surface area contributed by atoms with Crippen LogP contribution < -0.4 is 20.1 Å². The van der Waals surface area contributed by atoms with Gasteiger partial charge in [0.2, 0.25) is 5.91 Å². The molecule has 1 aliphatic rings. The van der Waals surface area contributed by atoms with Crippen molar-refractivity contribution in [2.75, 3.05) is 20.8 Å². The highest BCUT2D eigenvalue weighted by molar-refractivity contribution is 6.35. The summed E-state index contributed by atoms with van der Waals surface area (Å²) in [5.74, 6) is 0.991. The molecule has 2 aromatic carbocycles. The second-order valence-corrected chi connectivity index (χ2v) is 8.12. The number of halogens is 2. The van der Waals surface area contributed by atoms with E-state index in [0.717, 1.165) is 16.7 Å². The number of amides is 3. The third-order valence-electron chi connectivity index (χ3n) is 5.21. The molecule has 3 amide bonds. The van der Waals surface area contributed by atoms with E-state index in [0.29, 0.717) is 41.1 Å². The molecule has 1 unspecified atom stereocenters. The Balaban J connectivity index is 1.56. The Morgan fingerprint density at radius 1 is 1.10 bits per heavy atom. The molecule has 166 valence electrons. The molecule has 0 aliphatic carbocycles. The van der Waals surface area contributed by atoms with Crippen molar-refractivity contribution in [2.45, 2.75) is 32.5 Å². The number of urea groups is 1. The van der Waals surface area contributed by atoms with Gasteiger partial charge >= 0.3 is 6.03 Å². The highest BCUT2D eigenvalue weighted by Gasteiger charge is 2.25. The number of nitrogens with zero attached hydrogens (tertiary/aromatic N) is 1. The highest BCUT2D eigenvalue weighted by Crippen LogP contribution is 2.33. The third kappa shape index (κ3) is 5.54. The quantitative estimate of drug-likeness (QED) is 0.679. The Morgan fingerprint density at radius 3 is 2.42 bits per heavy atom. The Labute approximate surface area is 191 Å². The fourth-order valence-electron chi connectivity index (χ4n) is 3.40. The number of fused-ring (bicyclic) bond motifs is 1. The first-order valence-corrected chi connectivity index (χ1v) is 10.6. The molecule has 3 rings (SSSR count). The highest BCUT2D eigenvalue weighted by atomic mass is 35.5. The van der Waals surface area contributed by atoms with Crippen molar-refractivity contribution in [1.82, 2.24) is 15.5 Å². The summed E-state index contributed by atoms with van der Waals surface area (Å²) < 4.78 is 10.7. The topological polar surface area (TPSA) is 79.9 Å². The zero-order valence-corrected chi connectivity index (χ0v) is 19.1. The van der Waals surface area contributed by atoms with E-state index in [-0.39, 0.29) is 18.5 Å². The lowest BCUT2D eigenvalue weighted by Gasteiger charge is -2.30. The van der Waals surface area contributed by atoms with Crippen LogP contribution in [0.2, 0.25) is 10.0 Å². The number of rotatable bonds is 6. The molecule has 0 saturated carbocycles. The number of methoxy groups -OCH3 is 2. The van der Waals surface area contributed by atoms with Crippen LogP contribution in [0, 0.1) is 0 Å². The zero-order valence-electron chi connectivity index (χ0n) is 17.6. The maximum Gasteiger partial charge on any atom is 0.318 e. The van der Waals surface area contributed by atoms with Gasteiger partial charge in [0, 0.05) is 29.7 Å². The second-order valence-electron chi connectivity index (χ2n) is 7.27. The molecule has 0 bridgehead atoms. The van der Waals surface area contributed by atoms with Crippen LogP contribution in [0.1, 0.15) is 23.6 Å². The third-order valence-corrected chi connectivity index (χ3v) is 5.79. The van der Waals surface area contributed by atoms with Crippen molar-refractivity contribution in [1.29, 1.82) is 0 Å². The molecule has 31 heavy (non-hydrogen) atoms. The van der Waals surface area contributed by atoms with Gasteiger partial charge in [0.1, 0.15) is 6.04 Å². The summed E-state index contributed by atoms with van der Waals surface area (Å²) in [6.45, 7) is 2.86. The Morgan fingerprint density at radius 2 is 1.77 bits per heavy atom. The molecule has 1 heterocycles. The average Bonchev–Trinajstić information content (AvgIpc) is 2.76. The molecule has 0 saturated heterocycles. The minimum Gasteiger partial charge on any atom is -0.493 e. The molecule has 0 radical (unpaired) electrons. The number of nitrogens with one attached hydrogen (secondary N) is 2. The van der Waals surface area contributed by atoms with Gasteiger partial charge in [0.25, 0.3) is 0 Å². The van der Waals surface area contributed by atoms with Gasteiger partial charge in [-0.2, -0.15) is 0 Å². The van der Waals surface area contributed by atoms with Crippen LogP contribution in [0.5, 0.6) is 11.5 Å². The fourth-order valence-corrected chi connectivity index (χ4v) is 3.87. The molecule has 0 spiro atoms. The molecule has 2 aromatic rings. The van der Waals surface area contributed by atoms with Gasteiger partial charge in [-0.15, -0.1) is 0 Å². The van der Waals surface area contributed by atoms with Gasteiger partial charge in [0.05, 0.1) is 14.2 Å². The lowest BCUT2D eigenvalue weighted by molar-refractivity contribution is -0.122. The van der Waals surface area contributed by atoms with Crippen LogP contribution in [-0.2, 0) is 24.3 Å². The maximum atomic E-state index is 12.7. The molecule has 0 aromatic heterocycles.